The Bertz CT molecular complexity index is 435. The van der Waals surface area contributed by atoms with Crippen LogP contribution in [-0.2, 0) is 0 Å². The van der Waals surface area contributed by atoms with Gasteiger partial charge in [0.15, 0.2) is 11.5 Å². The van der Waals surface area contributed by atoms with Crippen molar-refractivity contribution in [2.45, 2.75) is 18.6 Å². The molecule has 1 atom stereocenters. The van der Waals surface area contributed by atoms with Gasteiger partial charge in [0.2, 0.25) is 0 Å². The summed E-state index contributed by atoms with van der Waals surface area (Å²) in [5, 5.41) is 0. The molecule has 2 N–H and O–H groups in total. The van der Waals surface area contributed by atoms with Gasteiger partial charge in [0.05, 0.1) is 27.8 Å². The number of nitrogens with two attached hydrogens (primary N) is 1. The Morgan fingerprint density at radius 1 is 1.00 bits per heavy atom. The van der Waals surface area contributed by atoms with Crippen molar-refractivity contribution < 1.29 is 27.4 Å². The second kappa shape index (κ2) is 6.01. The van der Waals surface area contributed by atoms with Crippen molar-refractivity contribution in [3.05, 3.63) is 17.7 Å². The van der Waals surface area contributed by atoms with Crippen LogP contribution in [0, 0.1) is 0 Å². The first-order valence-electron chi connectivity index (χ1n) is 5.44. The minimum Gasteiger partial charge on any atom is -0.496 e. The molecule has 0 saturated heterocycles. The van der Waals surface area contributed by atoms with Crippen molar-refractivity contribution in [3.63, 3.8) is 0 Å². The minimum atomic E-state index is -4.35. The van der Waals surface area contributed by atoms with E-state index in [1.165, 1.54) is 33.5 Å². The van der Waals surface area contributed by atoms with Gasteiger partial charge in [-0.1, -0.05) is 0 Å². The summed E-state index contributed by atoms with van der Waals surface area (Å²) in [6.45, 7) is 0. The number of halogens is 3. The maximum absolute atomic E-state index is 12.4. The topological polar surface area (TPSA) is 53.7 Å². The van der Waals surface area contributed by atoms with Gasteiger partial charge in [0, 0.05) is 17.7 Å². The summed E-state index contributed by atoms with van der Waals surface area (Å²) in [5.74, 6) is 0.896. The molecule has 0 spiro atoms. The maximum Gasteiger partial charge on any atom is 0.390 e. The lowest BCUT2D eigenvalue weighted by Crippen LogP contribution is -2.20. The molecule has 19 heavy (non-hydrogen) atoms. The number of benzene rings is 1. The van der Waals surface area contributed by atoms with Crippen molar-refractivity contribution in [2.75, 3.05) is 21.3 Å². The van der Waals surface area contributed by atoms with Gasteiger partial charge in [-0.05, 0) is 6.07 Å². The zero-order valence-electron chi connectivity index (χ0n) is 10.9. The lowest BCUT2D eigenvalue weighted by molar-refractivity contribution is -0.138. The second-order valence-electron chi connectivity index (χ2n) is 3.87. The fourth-order valence-electron chi connectivity index (χ4n) is 1.70. The van der Waals surface area contributed by atoms with Crippen molar-refractivity contribution in [3.8, 4) is 17.2 Å². The van der Waals surface area contributed by atoms with Crippen LogP contribution in [0.15, 0.2) is 12.1 Å². The van der Waals surface area contributed by atoms with Gasteiger partial charge in [-0.2, -0.15) is 13.2 Å². The molecule has 0 aromatic heterocycles. The normalized spacial score (nSPS) is 13.0. The molecule has 0 aliphatic carbocycles. The van der Waals surface area contributed by atoms with Crippen LogP contribution in [0.1, 0.15) is 18.0 Å². The maximum atomic E-state index is 12.4. The molecule has 0 saturated carbocycles. The zero-order valence-corrected chi connectivity index (χ0v) is 10.9. The highest BCUT2D eigenvalue weighted by atomic mass is 19.4. The molecule has 1 unspecified atom stereocenters. The minimum absolute atomic E-state index is 0.220. The van der Waals surface area contributed by atoms with E-state index in [9.17, 15) is 13.2 Å². The fourth-order valence-corrected chi connectivity index (χ4v) is 1.70. The summed E-state index contributed by atoms with van der Waals surface area (Å²) in [4.78, 5) is 0. The van der Waals surface area contributed by atoms with Crippen LogP contribution < -0.4 is 19.9 Å². The lowest BCUT2D eigenvalue weighted by atomic mass is 10.0. The first-order valence-corrected chi connectivity index (χ1v) is 5.44. The molecule has 0 amide bonds. The smallest absolute Gasteiger partial charge is 0.390 e. The second-order valence-corrected chi connectivity index (χ2v) is 3.87. The molecule has 0 radical (unpaired) electrons. The Labute approximate surface area is 109 Å². The van der Waals surface area contributed by atoms with E-state index in [1.807, 2.05) is 0 Å². The van der Waals surface area contributed by atoms with Crippen LogP contribution in [0.25, 0.3) is 0 Å². The number of ether oxygens (including phenoxy) is 3. The summed E-state index contributed by atoms with van der Waals surface area (Å²) < 4.78 is 52.3. The van der Waals surface area contributed by atoms with Gasteiger partial charge in [-0.3, -0.25) is 0 Å². The first kappa shape index (κ1) is 15.4. The van der Waals surface area contributed by atoms with E-state index in [1.54, 1.807) is 0 Å². The van der Waals surface area contributed by atoms with E-state index >= 15 is 0 Å². The van der Waals surface area contributed by atoms with Gasteiger partial charge in [-0.25, -0.2) is 0 Å². The van der Waals surface area contributed by atoms with Crippen LogP contribution in [0.5, 0.6) is 17.2 Å². The third-order valence-corrected chi connectivity index (χ3v) is 2.59. The van der Waals surface area contributed by atoms with Crippen LogP contribution in [0.4, 0.5) is 13.2 Å². The Kier molecular flexibility index (Phi) is 4.88. The fraction of sp³-hybridized carbons (Fsp3) is 0.500. The van der Waals surface area contributed by atoms with Crippen molar-refractivity contribution in [1.82, 2.24) is 0 Å². The molecule has 4 nitrogen and oxygen atoms in total. The summed E-state index contributed by atoms with van der Waals surface area (Å²) in [6, 6.07) is 1.62. The Hall–Kier alpha value is -1.63. The van der Waals surface area contributed by atoms with Gasteiger partial charge in [0.25, 0.3) is 0 Å². The first-order chi connectivity index (χ1) is 8.82. The Morgan fingerprint density at radius 3 is 1.89 bits per heavy atom. The van der Waals surface area contributed by atoms with Gasteiger partial charge >= 0.3 is 6.18 Å². The Balaban J connectivity index is 3.18. The van der Waals surface area contributed by atoms with Crippen molar-refractivity contribution >= 4 is 0 Å². The molecular formula is C12H16F3NO3. The molecular weight excluding hydrogens is 263 g/mol. The number of hydrogen-bond acceptors (Lipinski definition) is 4. The van der Waals surface area contributed by atoms with E-state index in [4.69, 9.17) is 19.9 Å². The van der Waals surface area contributed by atoms with E-state index in [0.717, 1.165) is 0 Å². The Morgan fingerprint density at radius 2 is 1.47 bits per heavy atom. The molecule has 108 valence electrons. The number of hydrogen-bond donors (Lipinski definition) is 1. The van der Waals surface area contributed by atoms with Gasteiger partial charge in [0.1, 0.15) is 5.75 Å². The predicted octanol–water partition coefficient (Wildman–Crippen LogP) is 2.66. The van der Waals surface area contributed by atoms with Crippen molar-refractivity contribution in [1.29, 1.82) is 0 Å². The van der Waals surface area contributed by atoms with Crippen LogP contribution in [-0.4, -0.2) is 27.5 Å². The number of methoxy groups -OCH3 is 3. The van der Waals surface area contributed by atoms with Gasteiger partial charge < -0.3 is 19.9 Å². The summed E-state index contributed by atoms with van der Waals surface area (Å²) in [7, 11) is 4.17. The van der Waals surface area contributed by atoms with Crippen LogP contribution >= 0.6 is 0 Å². The average molecular weight is 279 g/mol. The van der Waals surface area contributed by atoms with Crippen LogP contribution in [0.2, 0.25) is 0 Å². The molecule has 7 heteroatoms. The number of rotatable bonds is 5. The van der Waals surface area contributed by atoms with Crippen molar-refractivity contribution in [2.24, 2.45) is 5.73 Å². The van der Waals surface area contributed by atoms with E-state index in [-0.39, 0.29) is 11.3 Å². The van der Waals surface area contributed by atoms with E-state index in [2.05, 4.69) is 0 Å². The zero-order chi connectivity index (χ0) is 14.6. The standard InChI is InChI=1S/C12H16F3NO3/c1-17-9-5-11(19-3)10(18-2)4-7(9)8(16)6-12(13,14)15/h4-5,8H,6,16H2,1-3H3. The molecule has 1 aromatic rings. The summed E-state index contributed by atoms with van der Waals surface area (Å²) in [6.07, 6.45) is -5.49. The third-order valence-electron chi connectivity index (χ3n) is 2.59. The highest BCUT2D eigenvalue weighted by molar-refractivity contribution is 5.51. The SMILES string of the molecule is COc1cc(OC)c(C(N)CC(F)(F)F)cc1OC. The highest BCUT2D eigenvalue weighted by Crippen LogP contribution is 2.39. The molecule has 1 rings (SSSR count). The lowest BCUT2D eigenvalue weighted by Gasteiger charge is -2.19. The molecule has 0 fully saturated rings. The van der Waals surface area contributed by atoms with E-state index in [0.29, 0.717) is 11.5 Å². The predicted molar refractivity (Wildman–Crippen MR) is 63.7 cm³/mol. The van der Waals surface area contributed by atoms with Crippen LogP contribution in [0.3, 0.4) is 0 Å². The molecule has 0 aliphatic rings. The average Bonchev–Trinajstić information content (AvgIpc) is 2.34. The van der Waals surface area contributed by atoms with E-state index < -0.39 is 18.6 Å². The van der Waals surface area contributed by atoms with Gasteiger partial charge in [-0.15, -0.1) is 0 Å². The largest absolute Gasteiger partial charge is 0.496 e. The molecule has 0 heterocycles. The monoisotopic (exact) mass is 279 g/mol. The summed E-state index contributed by atoms with van der Waals surface area (Å²) >= 11 is 0. The number of alkyl halides is 3. The molecule has 1 aromatic carbocycles. The molecule has 0 aliphatic heterocycles. The summed E-state index contributed by atoms with van der Waals surface area (Å²) in [5.41, 5.74) is 5.80. The quantitative estimate of drug-likeness (QED) is 0.900. The molecule has 0 bridgehead atoms. The third kappa shape index (κ3) is 3.92. The highest BCUT2D eigenvalue weighted by Gasteiger charge is 2.32.